The van der Waals surface area contributed by atoms with E-state index >= 15 is 0 Å². The van der Waals surface area contributed by atoms with E-state index in [1.807, 2.05) is 0 Å². The normalized spacial score (nSPS) is 28.1. The molecule has 0 aliphatic heterocycles. The lowest BCUT2D eigenvalue weighted by Gasteiger charge is -2.49. The summed E-state index contributed by atoms with van der Waals surface area (Å²) < 4.78 is 0. The van der Waals surface area contributed by atoms with Crippen molar-refractivity contribution in [3.05, 3.63) is 0 Å². The summed E-state index contributed by atoms with van der Waals surface area (Å²) in [5, 5.41) is 11.2. The van der Waals surface area contributed by atoms with Crippen LogP contribution in [-0.2, 0) is 0 Å². The Morgan fingerprint density at radius 2 is 1.67 bits per heavy atom. The third kappa shape index (κ3) is 5.03. The third-order valence-corrected chi connectivity index (χ3v) is 5.24. The Bertz CT molecular complexity index is 417. The van der Waals surface area contributed by atoms with Gasteiger partial charge in [-0.05, 0) is 57.3 Å². The molecule has 1 aliphatic carbocycles. The quantitative estimate of drug-likeness (QED) is 0.689. The molecule has 1 rings (SSSR count). The van der Waals surface area contributed by atoms with Crippen LogP contribution < -0.4 is 0 Å². The maximum atomic E-state index is 11.2. The predicted octanol–water partition coefficient (Wildman–Crippen LogP) is 5.42. The molecule has 1 unspecified atom stereocenters. The van der Waals surface area contributed by atoms with Crippen LogP contribution in [0.2, 0.25) is 0 Å². The first-order valence-electron chi connectivity index (χ1n) is 8.55. The Hall–Kier alpha value is -0.480. The summed E-state index contributed by atoms with van der Waals surface area (Å²) in [5.74, 6) is 7.44. The lowest BCUT2D eigenvalue weighted by Crippen LogP contribution is -2.50. The fourth-order valence-electron chi connectivity index (χ4n) is 3.08. The molecule has 1 saturated carbocycles. The van der Waals surface area contributed by atoms with Crippen molar-refractivity contribution in [2.75, 3.05) is 0 Å². The Kier molecular flexibility index (Phi) is 5.27. The van der Waals surface area contributed by atoms with E-state index in [4.69, 9.17) is 0 Å². The highest BCUT2D eigenvalue weighted by molar-refractivity contribution is 5.24. The van der Waals surface area contributed by atoms with Gasteiger partial charge in [-0.3, -0.25) is 0 Å². The number of hydrogen-bond acceptors (Lipinski definition) is 1. The van der Waals surface area contributed by atoms with Crippen molar-refractivity contribution >= 4 is 0 Å². The monoisotopic (exact) mass is 292 g/mol. The molecular formula is C20H36O. The van der Waals surface area contributed by atoms with Crippen molar-refractivity contribution in [2.24, 2.45) is 22.2 Å². The highest BCUT2D eigenvalue weighted by Crippen LogP contribution is 2.50. The fraction of sp³-hybridized carbons (Fsp3) is 0.900. The minimum absolute atomic E-state index is 0.0162. The number of rotatable bonds is 3. The van der Waals surface area contributed by atoms with Gasteiger partial charge in [-0.25, -0.2) is 0 Å². The van der Waals surface area contributed by atoms with Gasteiger partial charge in [0.05, 0.1) is 0 Å². The van der Waals surface area contributed by atoms with Crippen LogP contribution in [0, 0.1) is 34.0 Å². The van der Waals surface area contributed by atoms with Crippen LogP contribution in [0.4, 0.5) is 0 Å². The second-order valence-electron chi connectivity index (χ2n) is 9.65. The Morgan fingerprint density at radius 1 is 1.10 bits per heavy atom. The van der Waals surface area contributed by atoms with Crippen molar-refractivity contribution in [3.63, 3.8) is 0 Å². The summed E-state index contributed by atoms with van der Waals surface area (Å²) in [7, 11) is 0. The van der Waals surface area contributed by atoms with Crippen LogP contribution >= 0.6 is 0 Å². The molecule has 0 bridgehead atoms. The molecule has 0 saturated heterocycles. The van der Waals surface area contributed by atoms with Gasteiger partial charge in [-0.1, -0.05) is 53.4 Å². The molecular weight excluding hydrogens is 256 g/mol. The summed E-state index contributed by atoms with van der Waals surface area (Å²) in [5.41, 5.74) is -0.813. The maximum Gasteiger partial charge on any atom is 0.131 e. The lowest BCUT2D eigenvalue weighted by atomic mass is 9.58. The summed E-state index contributed by atoms with van der Waals surface area (Å²) in [6.45, 7) is 17.7. The Morgan fingerprint density at radius 3 is 2.19 bits per heavy atom. The largest absolute Gasteiger partial charge is 0.377 e. The first-order chi connectivity index (χ1) is 9.29. The van der Waals surface area contributed by atoms with Crippen LogP contribution in [0.1, 0.15) is 87.5 Å². The smallest absolute Gasteiger partial charge is 0.131 e. The van der Waals surface area contributed by atoms with Crippen LogP contribution in [-0.4, -0.2) is 10.7 Å². The summed E-state index contributed by atoms with van der Waals surface area (Å²) >= 11 is 0. The maximum absolute atomic E-state index is 11.2. The summed E-state index contributed by atoms with van der Waals surface area (Å²) in [6, 6.07) is 0. The van der Waals surface area contributed by atoms with Gasteiger partial charge in [-0.2, -0.15) is 0 Å². The minimum atomic E-state index is -0.857. The van der Waals surface area contributed by atoms with E-state index in [0.717, 1.165) is 19.3 Å². The molecule has 0 aromatic carbocycles. The van der Waals surface area contributed by atoms with Crippen LogP contribution in [0.5, 0.6) is 0 Å². The third-order valence-electron chi connectivity index (χ3n) is 5.24. The van der Waals surface area contributed by atoms with E-state index in [2.05, 4.69) is 67.2 Å². The van der Waals surface area contributed by atoms with E-state index in [1.54, 1.807) is 0 Å². The van der Waals surface area contributed by atoms with Gasteiger partial charge in [0, 0.05) is 10.8 Å². The zero-order chi connectivity index (χ0) is 16.5. The van der Waals surface area contributed by atoms with Gasteiger partial charge in [0.25, 0.3) is 0 Å². The van der Waals surface area contributed by atoms with Gasteiger partial charge in [0.2, 0.25) is 0 Å². The fourth-order valence-corrected chi connectivity index (χ4v) is 3.08. The highest BCUT2D eigenvalue weighted by atomic mass is 16.3. The topological polar surface area (TPSA) is 20.2 Å². The molecule has 0 heterocycles. The second-order valence-corrected chi connectivity index (χ2v) is 9.65. The predicted molar refractivity (Wildman–Crippen MR) is 92.0 cm³/mol. The molecule has 0 aromatic heterocycles. The number of hydrogen-bond donors (Lipinski definition) is 1. The van der Waals surface area contributed by atoms with Gasteiger partial charge < -0.3 is 5.11 Å². The Labute approximate surface area is 132 Å². The van der Waals surface area contributed by atoms with Gasteiger partial charge in [-0.15, -0.1) is 0 Å². The molecule has 1 atom stereocenters. The summed E-state index contributed by atoms with van der Waals surface area (Å²) in [6.07, 6.45) is 5.27. The van der Waals surface area contributed by atoms with Gasteiger partial charge >= 0.3 is 0 Å². The molecule has 0 amide bonds. The molecule has 122 valence electrons. The van der Waals surface area contributed by atoms with Crippen molar-refractivity contribution < 1.29 is 5.11 Å². The molecule has 1 fully saturated rings. The molecule has 1 aliphatic rings. The van der Waals surface area contributed by atoms with Crippen LogP contribution in [0.25, 0.3) is 0 Å². The molecule has 1 heteroatoms. The van der Waals surface area contributed by atoms with Crippen molar-refractivity contribution in [2.45, 2.75) is 93.1 Å². The standard InChI is InChI=1S/C20H36O/c1-16(2)9-10-17(3,4)12-14-20(21)15-18(5,6)11-13-19(20,7)8/h16,21H,9-11,13,15H2,1-8H3. The lowest BCUT2D eigenvalue weighted by molar-refractivity contribution is -0.0867. The average molecular weight is 293 g/mol. The van der Waals surface area contributed by atoms with Crippen molar-refractivity contribution in [1.29, 1.82) is 0 Å². The minimum Gasteiger partial charge on any atom is -0.377 e. The van der Waals surface area contributed by atoms with Crippen molar-refractivity contribution in [1.82, 2.24) is 0 Å². The molecule has 0 radical (unpaired) electrons. The highest BCUT2D eigenvalue weighted by Gasteiger charge is 2.49. The van der Waals surface area contributed by atoms with E-state index in [1.165, 1.54) is 12.8 Å². The van der Waals surface area contributed by atoms with E-state index in [-0.39, 0.29) is 16.2 Å². The van der Waals surface area contributed by atoms with E-state index in [0.29, 0.717) is 5.92 Å². The molecule has 0 spiro atoms. The molecule has 1 N–H and O–H groups in total. The Balaban J connectivity index is 2.94. The zero-order valence-corrected chi connectivity index (χ0v) is 15.6. The second kappa shape index (κ2) is 5.96. The first kappa shape index (κ1) is 18.6. The van der Waals surface area contributed by atoms with E-state index in [9.17, 15) is 5.11 Å². The zero-order valence-electron chi connectivity index (χ0n) is 15.6. The van der Waals surface area contributed by atoms with Crippen LogP contribution in [0.15, 0.2) is 0 Å². The SMILES string of the molecule is CC(C)CCC(C)(C)C#CC1(O)CC(C)(C)CCC1(C)C. The van der Waals surface area contributed by atoms with Gasteiger partial charge in [0.15, 0.2) is 0 Å². The summed E-state index contributed by atoms with van der Waals surface area (Å²) in [4.78, 5) is 0. The molecule has 1 nitrogen and oxygen atoms in total. The molecule has 21 heavy (non-hydrogen) atoms. The molecule has 0 aromatic rings. The van der Waals surface area contributed by atoms with Gasteiger partial charge in [0.1, 0.15) is 5.60 Å². The van der Waals surface area contributed by atoms with Crippen molar-refractivity contribution in [3.8, 4) is 11.8 Å². The average Bonchev–Trinajstić information content (AvgIpc) is 2.30. The first-order valence-corrected chi connectivity index (χ1v) is 8.55. The number of aliphatic hydroxyl groups is 1. The van der Waals surface area contributed by atoms with Crippen LogP contribution in [0.3, 0.4) is 0 Å². The van der Waals surface area contributed by atoms with E-state index < -0.39 is 5.60 Å².